The van der Waals surface area contributed by atoms with Gasteiger partial charge in [-0.2, -0.15) is 0 Å². The van der Waals surface area contributed by atoms with Gasteiger partial charge in [-0.25, -0.2) is 4.98 Å². The number of benzene rings is 1. The molecular formula is C17H22N4. The predicted octanol–water partition coefficient (Wildman–Crippen LogP) is 1.91. The molecule has 0 amide bonds. The number of aromatic nitrogens is 2. The molecule has 2 unspecified atom stereocenters. The van der Waals surface area contributed by atoms with Gasteiger partial charge in [0.2, 0.25) is 0 Å². The highest BCUT2D eigenvalue weighted by molar-refractivity contribution is 5.21. The van der Waals surface area contributed by atoms with Gasteiger partial charge in [0.05, 0.1) is 17.7 Å². The van der Waals surface area contributed by atoms with Gasteiger partial charge in [-0.15, -0.1) is 0 Å². The lowest BCUT2D eigenvalue weighted by molar-refractivity contribution is 0.278. The molecule has 1 aromatic heterocycles. The van der Waals surface area contributed by atoms with Gasteiger partial charge < -0.3 is 15.2 Å². The van der Waals surface area contributed by atoms with E-state index in [2.05, 4.69) is 50.5 Å². The highest BCUT2D eigenvalue weighted by Gasteiger charge is 2.27. The van der Waals surface area contributed by atoms with Gasteiger partial charge in [-0.3, -0.25) is 0 Å². The summed E-state index contributed by atoms with van der Waals surface area (Å²) in [6, 6.07) is 11.5. The second kappa shape index (κ2) is 5.62. The van der Waals surface area contributed by atoms with Crippen LogP contribution >= 0.6 is 0 Å². The first-order valence-corrected chi connectivity index (χ1v) is 7.90. The predicted molar refractivity (Wildman–Crippen MR) is 83.2 cm³/mol. The molecular weight excluding hydrogens is 260 g/mol. The lowest BCUT2D eigenvalue weighted by atomic mass is 9.99. The molecule has 4 heteroatoms. The Balaban J connectivity index is 1.35. The second-order valence-corrected chi connectivity index (χ2v) is 6.27. The number of rotatable bonds is 3. The first-order valence-electron chi connectivity index (χ1n) is 7.90. The lowest BCUT2D eigenvalue weighted by Gasteiger charge is -2.27. The fraction of sp³-hybridized carbons (Fsp3) is 0.471. The Morgan fingerprint density at radius 1 is 1.24 bits per heavy atom. The first-order chi connectivity index (χ1) is 10.4. The van der Waals surface area contributed by atoms with E-state index in [0.29, 0.717) is 12.0 Å². The molecule has 1 saturated heterocycles. The molecule has 2 aromatic rings. The minimum absolute atomic E-state index is 0.537. The van der Waals surface area contributed by atoms with Crippen LogP contribution in [0.3, 0.4) is 0 Å². The summed E-state index contributed by atoms with van der Waals surface area (Å²) >= 11 is 0. The fourth-order valence-corrected chi connectivity index (χ4v) is 3.67. The Morgan fingerprint density at radius 3 is 3.05 bits per heavy atom. The Bertz CT molecular complexity index is 592. The van der Waals surface area contributed by atoms with E-state index in [9.17, 15) is 0 Å². The topological polar surface area (TPSA) is 44.0 Å². The van der Waals surface area contributed by atoms with E-state index in [1.165, 1.54) is 36.5 Å². The summed E-state index contributed by atoms with van der Waals surface area (Å²) in [7, 11) is 0. The normalized spacial score (nSPS) is 25.9. The largest absolute Gasteiger partial charge is 0.347 e. The molecule has 1 fully saturated rings. The zero-order chi connectivity index (χ0) is 14.1. The van der Waals surface area contributed by atoms with E-state index in [1.807, 2.05) is 6.33 Å². The number of imidazole rings is 1. The van der Waals surface area contributed by atoms with Crippen LogP contribution in [-0.2, 0) is 13.0 Å². The number of hydrogen-bond acceptors (Lipinski definition) is 3. The van der Waals surface area contributed by atoms with E-state index >= 15 is 0 Å². The molecule has 1 aromatic carbocycles. The van der Waals surface area contributed by atoms with Crippen molar-refractivity contribution >= 4 is 0 Å². The molecule has 0 aliphatic carbocycles. The minimum Gasteiger partial charge on any atom is -0.347 e. The molecule has 2 aliphatic heterocycles. The number of aromatic amines is 1. The summed E-state index contributed by atoms with van der Waals surface area (Å²) in [5.41, 5.74) is 4.00. The van der Waals surface area contributed by atoms with Crippen LogP contribution in [0.1, 0.15) is 29.3 Å². The van der Waals surface area contributed by atoms with Crippen molar-refractivity contribution in [2.45, 2.75) is 31.3 Å². The lowest BCUT2D eigenvalue weighted by Crippen LogP contribution is -2.44. The number of hydrogen-bond donors (Lipinski definition) is 2. The maximum Gasteiger partial charge on any atom is 0.0925 e. The van der Waals surface area contributed by atoms with Gasteiger partial charge in [-0.1, -0.05) is 30.3 Å². The molecule has 0 spiro atoms. The van der Waals surface area contributed by atoms with E-state index < -0.39 is 0 Å². The average Bonchev–Trinajstić information content (AvgIpc) is 3.17. The van der Waals surface area contributed by atoms with Crippen LogP contribution in [0, 0.1) is 0 Å². The van der Waals surface area contributed by atoms with Crippen molar-refractivity contribution in [1.29, 1.82) is 0 Å². The quantitative estimate of drug-likeness (QED) is 0.904. The second-order valence-electron chi connectivity index (χ2n) is 6.27. The molecule has 4 nitrogen and oxygen atoms in total. The van der Waals surface area contributed by atoms with E-state index in [-0.39, 0.29) is 0 Å². The summed E-state index contributed by atoms with van der Waals surface area (Å²) in [4.78, 5) is 10.2. The molecule has 3 heterocycles. The van der Waals surface area contributed by atoms with E-state index in [1.54, 1.807) is 0 Å². The molecule has 110 valence electrons. The Kier molecular flexibility index (Phi) is 3.49. The number of H-pyrrole nitrogens is 1. The minimum atomic E-state index is 0.537. The van der Waals surface area contributed by atoms with Crippen molar-refractivity contribution in [3.63, 3.8) is 0 Å². The third-order valence-electron chi connectivity index (χ3n) is 4.84. The zero-order valence-electron chi connectivity index (χ0n) is 12.3. The average molecular weight is 282 g/mol. The van der Waals surface area contributed by atoms with Gasteiger partial charge >= 0.3 is 0 Å². The molecule has 0 bridgehead atoms. The van der Waals surface area contributed by atoms with Crippen LogP contribution in [0.2, 0.25) is 0 Å². The van der Waals surface area contributed by atoms with Crippen molar-refractivity contribution < 1.29 is 0 Å². The van der Waals surface area contributed by atoms with Gasteiger partial charge in [0.15, 0.2) is 0 Å². The molecule has 21 heavy (non-hydrogen) atoms. The standard InChI is InChI=1S/C17H22N4/c1-2-4-13(5-3-1)14-6-7-21(10-14)11-15-8-16-17(9-18-15)20-12-19-16/h1-5,12,14-15,18H,6-11H2,(H,19,20). The molecule has 2 N–H and O–H groups in total. The van der Waals surface area contributed by atoms with Gasteiger partial charge in [0.25, 0.3) is 0 Å². The number of likely N-dealkylation sites (tertiary alicyclic amines) is 1. The SMILES string of the molecule is c1ccc(C2CCN(CC3Cc4nc[nH]c4CN3)C2)cc1. The molecule has 4 rings (SSSR count). The van der Waals surface area contributed by atoms with E-state index in [0.717, 1.165) is 19.5 Å². The van der Waals surface area contributed by atoms with Crippen LogP contribution in [0.25, 0.3) is 0 Å². The summed E-state index contributed by atoms with van der Waals surface area (Å²) < 4.78 is 0. The highest BCUT2D eigenvalue weighted by atomic mass is 15.2. The Hall–Kier alpha value is -1.65. The zero-order valence-corrected chi connectivity index (χ0v) is 12.3. The van der Waals surface area contributed by atoms with Crippen molar-refractivity contribution in [3.05, 3.63) is 53.6 Å². The van der Waals surface area contributed by atoms with Crippen molar-refractivity contribution in [1.82, 2.24) is 20.2 Å². The van der Waals surface area contributed by atoms with Crippen LogP contribution in [0.15, 0.2) is 36.7 Å². The van der Waals surface area contributed by atoms with E-state index in [4.69, 9.17) is 0 Å². The van der Waals surface area contributed by atoms with Crippen LogP contribution in [0.5, 0.6) is 0 Å². The van der Waals surface area contributed by atoms with Crippen molar-refractivity contribution in [2.24, 2.45) is 0 Å². The van der Waals surface area contributed by atoms with Crippen LogP contribution in [-0.4, -0.2) is 40.5 Å². The van der Waals surface area contributed by atoms with Gasteiger partial charge in [0.1, 0.15) is 0 Å². The summed E-state index contributed by atoms with van der Waals surface area (Å²) in [5, 5.41) is 3.63. The Labute approximate surface area is 125 Å². The number of fused-ring (bicyclic) bond motifs is 1. The number of nitrogens with one attached hydrogen (secondary N) is 2. The van der Waals surface area contributed by atoms with Crippen molar-refractivity contribution in [3.8, 4) is 0 Å². The van der Waals surface area contributed by atoms with Crippen molar-refractivity contribution in [2.75, 3.05) is 19.6 Å². The third kappa shape index (κ3) is 2.74. The Morgan fingerprint density at radius 2 is 2.14 bits per heavy atom. The first kappa shape index (κ1) is 13.0. The third-order valence-corrected chi connectivity index (χ3v) is 4.84. The highest BCUT2D eigenvalue weighted by Crippen LogP contribution is 2.27. The van der Waals surface area contributed by atoms with Crippen LogP contribution in [0.4, 0.5) is 0 Å². The molecule has 2 aliphatic rings. The summed E-state index contributed by atoms with van der Waals surface area (Å²) in [5.74, 6) is 0.704. The molecule has 2 atom stereocenters. The van der Waals surface area contributed by atoms with Gasteiger partial charge in [-0.05, 0) is 24.4 Å². The van der Waals surface area contributed by atoms with Gasteiger partial charge in [0, 0.05) is 32.1 Å². The summed E-state index contributed by atoms with van der Waals surface area (Å²) in [6.45, 7) is 4.46. The molecule has 0 saturated carbocycles. The monoisotopic (exact) mass is 282 g/mol. The maximum atomic E-state index is 4.43. The molecule has 0 radical (unpaired) electrons. The summed E-state index contributed by atoms with van der Waals surface area (Å²) in [6.07, 6.45) is 4.14. The number of nitrogens with zero attached hydrogens (tertiary/aromatic N) is 2. The van der Waals surface area contributed by atoms with Crippen LogP contribution < -0.4 is 5.32 Å². The smallest absolute Gasteiger partial charge is 0.0925 e. The maximum absolute atomic E-state index is 4.43. The fourth-order valence-electron chi connectivity index (χ4n) is 3.67.